The van der Waals surface area contributed by atoms with Gasteiger partial charge < -0.3 is 15.5 Å². The maximum absolute atomic E-state index is 10.7. The van der Waals surface area contributed by atoms with Gasteiger partial charge in [0, 0.05) is 17.5 Å². The van der Waals surface area contributed by atoms with E-state index < -0.39 is 17.1 Å². The Morgan fingerprint density at radius 3 is 2.47 bits per heavy atom. The number of nitrogens with zero attached hydrogens (tertiary/aromatic N) is 1. The first-order valence-electron chi connectivity index (χ1n) is 5.28. The predicted octanol–water partition coefficient (Wildman–Crippen LogP) is 1.48. The number of rotatable bonds is 5. The van der Waals surface area contributed by atoms with Crippen LogP contribution in [0.4, 0.5) is 0 Å². The van der Waals surface area contributed by atoms with Gasteiger partial charge in [-0.05, 0) is 27.7 Å². The summed E-state index contributed by atoms with van der Waals surface area (Å²) in [5.74, 6) is -1.01. The van der Waals surface area contributed by atoms with Crippen LogP contribution < -0.4 is 5.32 Å². The number of aromatic carboxylic acids is 1. The van der Waals surface area contributed by atoms with E-state index in [-0.39, 0.29) is 5.01 Å². The molecular weight excluding hydrogens is 240 g/mol. The molecular formula is C11H18N2O3S. The van der Waals surface area contributed by atoms with E-state index in [0.717, 1.165) is 11.3 Å². The normalized spacial score (nSPS) is 12.8. The van der Waals surface area contributed by atoms with Crippen LogP contribution in [-0.4, -0.2) is 32.3 Å². The van der Waals surface area contributed by atoms with Crippen molar-refractivity contribution >= 4 is 17.3 Å². The Morgan fingerprint density at radius 2 is 2.06 bits per heavy atom. The van der Waals surface area contributed by atoms with Gasteiger partial charge in [0.2, 0.25) is 5.01 Å². The maximum atomic E-state index is 10.7. The largest absolute Gasteiger partial charge is 0.476 e. The molecule has 0 aliphatic heterocycles. The highest BCUT2D eigenvalue weighted by atomic mass is 32.1. The van der Waals surface area contributed by atoms with Crippen molar-refractivity contribution in [3.63, 3.8) is 0 Å². The molecule has 1 aromatic heterocycles. The zero-order valence-corrected chi connectivity index (χ0v) is 11.3. The van der Waals surface area contributed by atoms with Crippen LogP contribution >= 0.6 is 11.3 Å². The number of carbonyl (C=O) groups is 1. The summed E-state index contributed by atoms with van der Waals surface area (Å²) in [7, 11) is 0. The molecule has 0 unspecified atom stereocenters. The van der Waals surface area contributed by atoms with Crippen molar-refractivity contribution in [2.75, 3.05) is 0 Å². The van der Waals surface area contributed by atoms with Crippen molar-refractivity contribution in [3.8, 4) is 0 Å². The SMILES string of the molecule is CC(C)(O)C(C)(C)NCc1csc(C(=O)O)n1. The minimum Gasteiger partial charge on any atom is -0.476 e. The number of nitrogens with one attached hydrogen (secondary N) is 1. The standard InChI is InChI=1S/C11H18N2O3S/c1-10(2,11(3,4)16)12-5-7-6-17-8(13-7)9(14)15/h6,12,16H,5H2,1-4H3,(H,14,15). The van der Waals surface area contributed by atoms with Crippen molar-refractivity contribution < 1.29 is 15.0 Å². The van der Waals surface area contributed by atoms with E-state index >= 15 is 0 Å². The smallest absolute Gasteiger partial charge is 0.365 e. The Morgan fingerprint density at radius 1 is 1.47 bits per heavy atom. The van der Waals surface area contributed by atoms with Crippen molar-refractivity contribution in [1.29, 1.82) is 0 Å². The van der Waals surface area contributed by atoms with Crippen LogP contribution in [-0.2, 0) is 6.54 Å². The summed E-state index contributed by atoms with van der Waals surface area (Å²) in [5, 5.41) is 23.6. The van der Waals surface area contributed by atoms with Crippen molar-refractivity contribution in [2.45, 2.75) is 45.4 Å². The molecule has 3 N–H and O–H groups in total. The van der Waals surface area contributed by atoms with Gasteiger partial charge in [0.15, 0.2) is 0 Å². The summed E-state index contributed by atoms with van der Waals surface area (Å²) in [6.07, 6.45) is 0. The zero-order valence-electron chi connectivity index (χ0n) is 10.4. The summed E-state index contributed by atoms with van der Waals surface area (Å²) >= 11 is 1.10. The molecule has 1 aromatic rings. The zero-order chi connectivity index (χ0) is 13.3. The second-order valence-corrected chi connectivity index (χ2v) is 5.84. The molecule has 0 atom stereocenters. The molecule has 5 nitrogen and oxygen atoms in total. The molecule has 0 fully saturated rings. The predicted molar refractivity (Wildman–Crippen MR) is 66.3 cm³/mol. The van der Waals surface area contributed by atoms with Crippen molar-refractivity contribution in [3.05, 3.63) is 16.1 Å². The third-order valence-corrected chi connectivity index (χ3v) is 3.85. The van der Waals surface area contributed by atoms with Crippen LogP contribution in [0.25, 0.3) is 0 Å². The first-order chi connectivity index (χ1) is 7.63. The highest BCUT2D eigenvalue weighted by Crippen LogP contribution is 2.21. The van der Waals surface area contributed by atoms with E-state index in [4.69, 9.17) is 5.11 Å². The Balaban J connectivity index is 2.64. The van der Waals surface area contributed by atoms with Gasteiger partial charge in [-0.2, -0.15) is 0 Å². The average molecular weight is 258 g/mol. The number of thiazole rings is 1. The highest BCUT2D eigenvalue weighted by Gasteiger charge is 2.34. The van der Waals surface area contributed by atoms with Crippen LogP contribution in [0.3, 0.4) is 0 Å². The third-order valence-electron chi connectivity index (χ3n) is 2.98. The van der Waals surface area contributed by atoms with Crippen LogP contribution in [0.1, 0.15) is 43.2 Å². The second-order valence-electron chi connectivity index (χ2n) is 4.99. The van der Waals surface area contributed by atoms with E-state index in [9.17, 15) is 9.90 Å². The number of carboxylic acids is 1. The third kappa shape index (κ3) is 3.49. The van der Waals surface area contributed by atoms with Gasteiger partial charge in [-0.15, -0.1) is 11.3 Å². The van der Waals surface area contributed by atoms with E-state index in [2.05, 4.69) is 10.3 Å². The summed E-state index contributed by atoms with van der Waals surface area (Å²) < 4.78 is 0. The Hall–Kier alpha value is -0.980. The van der Waals surface area contributed by atoms with Gasteiger partial charge in [-0.1, -0.05) is 0 Å². The number of aromatic nitrogens is 1. The summed E-state index contributed by atoms with van der Waals surface area (Å²) in [6.45, 7) is 7.66. The number of aliphatic hydroxyl groups is 1. The molecule has 6 heteroatoms. The quantitative estimate of drug-likeness (QED) is 0.745. The monoisotopic (exact) mass is 258 g/mol. The van der Waals surface area contributed by atoms with Crippen molar-refractivity contribution in [1.82, 2.24) is 10.3 Å². The molecule has 0 saturated carbocycles. The molecule has 17 heavy (non-hydrogen) atoms. The molecule has 0 aliphatic rings. The lowest BCUT2D eigenvalue weighted by Gasteiger charge is -2.38. The second kappa shape index (κ2) is 4.72. The van der Waals surface area contributed by atoms with Crippen LogP contribution in [0.15, 0.2) is 5.38 Å². The lowest BCUT2D eigenvalue weighted by Crippen LogP contribution is -2.55. The Kier molecular flexibility index (Phi) is 3.91. The van der Waals surface area contributed by atoms with E-state index in [1.54, 1.807) is 19.2 Å². The molecule has 96 valence electrons. The van der Waals surface area contributed by atoms with Gasteiger partial charge in [-0.3, -0.25) is 0 Å². The van der Waals surface area contributed by atoms with Gasteiger partial charge in [0.25, 0.3) is 0 Å². The fourth-order valence-corrected chi connectivity index (χ4v) is 1.67. The molecule has 1 heterocycles. The Labute approximate surface area is 105 Å². The highest BCUT2D eigenvalue weighted by molar-refractivity contribution is 7.11. The van der Waals surface area contributed by atoms with Crippen LogP contribution in [0.2, 0.25) is 0 Å². The van der Waals surface area contributed by atoms with E-state index in [1.165, 1.54) is 0 Å². The molecule has 0 spiro atoms. The Bertz CT molecular complexity index is 407. The lowest BCUT2D eigenvalue weighted by molar-refractivity contribution is -0.00545. The van der Waals surface area contributed by atoms with Gasteiger partial charge in [-0.25, -0.2) is 9.78 Å². The number of carboxylic acid groups (broad SMARTS) is 1. The summed E-state index contributed by atoms with van der Waals surface area (Å²) in [5.41, 5.74) is -0.691. The van der Waals surface area contributed by atoms with Gasteiger partial charge in [0.1, 0.15) is 0 Å². The topological polar surface area (TPSA) is 82.5 Å². The maximum Gasteiger partial charge on any atom is 0.365 e. The van der Waals surface area contributed by atoms with Crippen molar-refractivity contribution in [2.24, 2.45) is 0 Å². The lowest BCUT2D eigenvalue weighted by atomic mass is 9.86. The van der Waals surface area contributed by atoms with E-state index in [1.807, 2.05) is 13.8 Å². The minimum absolute atomic E-state index is 0.0860. The molecule has 0 aliphatic carbocycles. The molecule has 0 radical (unpaired) electrons. The fraction of sp³-hybridized carbons (Fsp3) is 0.636. The molecule has 0 bridgehead atoms. The molecule has 0 saturated heterocycles. The fourth-order valence-electron chi connectivity index (χ4n) is 1.01. The van der Waals surface area contributed by atoms with Crippen LogP contribution in [0, 0.1) is 0 Å². The first-order valence-corrected chi connectivity index (χ1v) is 6.16. The van der Waals surface area contributed by atoms with Crippen LogP contribution in [0.5, 0.6) is 0 Å². The van der Waals surface area contributed by atoms with Gasteiger partial charge in [0.05, 0.1) is 11.3 Å². The first kappa shape index (κ1) is 14.1. The number of hydrogen-bond acceptors (Lipinski definition) is 5. The number of hydrogen-bond donors (Lipinski definition) is 3. The molecule has 0 amide bonds. The minimum atomic E-state index is -1.01. The molecule has 1 rings (SSSR count). The summed E-state index contributed by atoms with van der Waals surface area (Å²) in [4.78, 5) is 14.6. The summed E-state index contributed by atoms with van der Waals surface area (Å²) in [6, 6.07) is 0. The van der Waals surface area contributed by atoms with E-state index in [0.29, 0.717) is 12.2 Å². The average Bonchev–Trinajstić information content (AvgIpc) is 2.61. The van der Waals surface area contributed by atoms with Gasteiger partial charge >= 0.3 is 5.97 Å². The molecule has 0 aromatic carbocycles.